The van der Waals surface area contributed by atoms with Crippen LogP contribution in [0.2, 0.25) is 0 Å². The van der Waals surface area contributed by atoms with Gasteiger partial charge in [-0.25, -0.2) is 0 Å². The van der Waals surface area contributed by atoms with E-state index >= 15 is 0 Å². The molecule has 10 nitrogen and oxygen atoms in total. The minimum atomic E-state index is -1.32. The third-order valence-corrected chi connectivity index (χ3v) is 9.42. The highest BCUT2D eigenvalue weighted by Gasteiger charge is 2.61. The van der Waals surface area contributed by atoms with Crippen LogP contribution < -0.4 is 33.2 Å². The highest BCUT2D eigenvalue weighted by atomic mass is 16.7. The van der Waals surface area contributed by atoms with Gasteiger partial charge in [-0.2, -0.15) is 0 Å². The molecule has 6 atom stereocenters. The molecule has 0 aromatic heterocycles. The number of unbranched alkanes of at least 4 members (excludes halogenated alkanes) is 2. The monoisotopic (exact) mass is 620 g/mol. The zero-order valence-electron chi connectivity index (χ0n) is 26.1. The van der Waals surface area contributed by atoms with Gasteiger partial charge >= 0.3 is 0 Å². The van der Waals surface area contributed by atoms with Crippen molar-refractivity contribution in [2.24, 2.45) is 5.92 Å². The summed E-state index contributed by atoms with van der Waals surface area (Å²) in [6.45, 7) is 2.74. The molecule has 0 bridgehead atoms. The summed E-state index contributed by atoms with van der Waals surface area (Å²) in [5, 5.41) is 12.1. The lowest BCUT2D eigenvalue weighted by atomic mass is 9.80. The van der Waals surface area contributed by atoms with Crippen molar-refractivity contribution in [3.8, 4) is 40.2 Å². The fourth-order valence-electron chi connectivity index (χ4n) is 7.09. The van der Waals surface area contributed by atoms with Gasteiger partial charge in [-0.05, 0) is 43.2 Å². The lowest BCUT2D eigenvalue weighted by Gasteiger charge is -2.35. The van der Waals surface area contributed by atoms with Crippen LogP contribution in [-0.2, 0) is 9.47 Å². The van der Waals surface area contributed by atoms with Gasteiger partial charge in [-0.3, -0.25) is 0 Å². The fourth-order valence-corrected chi connectivity index (χ4v) is 7.09. The van der Waals surface area contributed by atoms with Gasteiger partial charge in [0.1, 0.15) is 35.1 Å². The van der Waals surface area contributed by atoms with Crippen molar-refractivity contribution in [3.05, 3.63) is 65.2 Å². The van der Waals surface area contributed by atoms with Gasteiger partial charge < -0.3 is 47.7 Å². The molecule has 4 heterocycles. The number of hydrogen-bond donors (Lipinski definition) is 1. The SMILES string of the molecule is CCCCC[C@H]1Oc2cc([C@H]3OC[C@]4(O)[C@@H](c5c(OC)cccc5OC)OC[C@H]34)c(OC)cc2O[C@@H]1c1ccc2c(c1)OCO2. The van der Waals surface area contributed by atoms with Crippen LogP contribution in [0.15, 0.2) is 48.5 Å². The number of ether oxygens (including phenoxy) is 9. The molecule has 10 heteroatoms. The van der Waals surface area contributed by atoms with E-state index in [0.29, 0.717) is 40.1 Å². The van der Waals surface area contributed by atoms with Crippen LogP contribution in [0.25, 0.3) is 0 Å². The largest absolute Gasteiger partial charge is 0.496 e. The van der Waals surface area contributed by atoms with E-state index < -0.39 is 17.8 Å². The minimum absolute atomic E-state index is 0.0671. The second kappa shape index (κ2) is 12.2. The number of benzene rings is 3. The standard InChI is InChI=1S/C35H40O10/c1-5-6-7-9-26-32(20-12-13-23-28(14-20)43-19-42-23)45-30-16-27(39-4)21(15-29(30)44-26)33-22-17-40-34(35(22,36)18-41-33)31-24(37-2)10-8-11-25(31)38-3/h8,10-16,22,26,32-34,36H,5-7,9,17-19H2,1-4H3/t22-,26-,32-,33-,34-,35-/m1/s1. The van der Waals surface area contributed by atoms with E-state index in [4.69, 9.17) is 42.6 Å². The Morgan fingerprint density at radius 1 is 0.800 bits per heavy atom. The first-order valence-electron chi connectivity index (χ1n) is 15.6. The number of methoxy groups -OCH3 is 3. The maximum absolute atomic E-state index is 12.1. The predicted octanol–water partition coefficient (Wildman–Crippen LogP) is 6.09. The number of aliphatic hydroxyl groups is 1. The number of fused-ring (bicyclic) bond motifs is 3. The zero-order valence-corrected chi connectivity index (χ0v) is 26.1. The molecular formula is C35H40O10. The van der Waals surface area contributed by atoms with Crippen molar-refractivity contribution in [1.82, 2.24) is 0 Å². The quantitative estimate of drug-likeness (QED) is 0.268. The predicted molar refractivity (Wildman–Crippen MR) is 163 cm³/mol. The van der Waals surface area contributed by atoms with Gasteiger partial charge in [0.25, 0.3) is 0 Å². The lowest BCUT2D eigenvalue weighted by molar-refractivity contribution is -0.0643. The van der Waals surface area contributed by atoms with Crippen LogP contribution in [0.4, 0.5) is 0 Å². The second-order valence-electron chi connectivity index (χ2n) is 12.0. The van der Waals surface area contributed by atoms with Crippen LogP contribution in [0.3, 0.4) is 0 Å². The first kappa shape index (κ1) is 29.8. The molecule has 2 fully saturated rings. The average Bonchev–Trinajstić information content (AvgIpc) is 3.76. The average molecular weight is 621 g/mol. The molecule has 1 N–H and O–H groups in total. The van der Waals surface area contributed by atoms with Crippen molar-refractivity contribution >= 4 is 0 Å². The number of rotatable bonds is 10. The molecule has 7 rings (SSSR count). The molecule has 3 aromatic rings. The van der Waals surface area contributed by atoms with E-state index in [-0.39, 0.29) is 38.1 Å². The molecule has 0 aliphatic carbocycles. The Labute approximate surface area is 263 Å². The summed E-state index contributed by atoms with van der Waals surface area (Å²) >= 11 is 0. The molecule has 2 saturated heterocycles. The lowest BCUT2D eigenvalue weighted by Crippen LogP contribution is -2.39. The van der Waals surface area contributed by atoms with E-state index in [2.05, 4.69) is 6.92 Å². The van der Waals surface area contributed by atoms with Gasteiger partial charge in [0, 0.05) is 23.1 Å². The summed E-state index contributed by atoms with van der Waals surface area (Å²) in [7, 11) is 4.80. The third kappa shape index (κ3) is 5.09. The minimum Gasteiger partial charge on any atom is -0.496 e. The highest BCUT2D eigenvalue weighted by Crippen LogP contribution is 2.58. The Morgan fingerprint density at radius 3 is 2.31 bits per heavy atom. The fraction of sp³-hybridized carbons (Fsp3) is 0.486. The molecular weight excluding hydrogens is 580 g/mol. The zero-order chi connectivity index (χ0) is 31.1. The molecule has 3 aromatic carbocycles. The van der Waals surface area contributed by atoms with Crippen LogP contribution in [-0.4, -0.2) is 58.1 Å². The van der Waals surface area contributed by atoms with E-state index in [0.717, 1.165) is 42.6 Å². The van der Waals surface area contributed by atoms with Gasteiger partial charge in [0.05, 0.1) is 46.2 Å². The summed E-state index contributed by atoms with van der Waals surface area (Å²) in [6, 6.07) is 15.2. The Balaban J connectivity index is 1.20. The summed E-state index contributed by atoms with van der Waals surface area (Å²) < 4.78 is 54.4. The summed E-state index contributed by atoms with van der Waals surface area (Å²) in [4.78, 5) is 0. The first-order valence-corrected chi connectivity index (χ1v) is 15.6. The Hall–Kier alpha value is -3.86. The molecule has 0 spiro atoms. The van der Waals surface area contributed by atoms with Crippen LogP contribution in [0.1, 0.15) is 67.6 Å². The molecule has 45 heavy (non-hydrogen) atoms. The van der Waals surface area contributed by atoms with Crippen molar-refractivity contribution in [3.63, 3.8) is 0 Å². The van der Waals surface area contributed by atoms with Gasteiger partial charge in [-0.15, -0.1) is 0 Å². The van der Waals surface area contributed by atoms with E-state index in [9.17, 15) is 5.11 Å². The van der Waals surface area contributed by atoms with Crippen molar-refractivity contribution in [2.75, 3.05) is 41.3 Å². The summed E-state index contributed by atoms with van der Waals surface area (Å²) in [5.41, 5.74) is 1.07. The third-order valence-electron chi connectivity index (χ3n) is 9.42. The summed E-state index contributed by atoms with van der Waals surface area (Å²) in [5.74, 6) is 4.00. The van der Waals surface area contributed by atoms with Crippen LogP contribution in [0.5, 0.6) is 40.2 Å². The van der Waals surface area contributed by atoms with Crippen molar-refractivity contribution < 1.29 is 47.7 Å². The Bertz CT molecular complexity index is 1520. The molecule has 4 aliphatic rings. The van der Waals surface area contributed by atoms with Gasteiger partial charge in [0.2, 0.25) is 6.79 Å². The van der Waals surface area contributed by atoms with E-state index in [1.807, 2.05) is 48.5 Å². The molecule has 240 valence electrons. The number of hydrogen-bond acceptors (Lipinski definition) is 10. The molecule has 4 aliphatic heterocycles. The molecule has 0 saturated carbocycles. The normalized spacial score (nSPS) is 27.7. The molecule has 0 amide bonds. The Kier molecular flexibility index (Phi) is 8.05. The molecule has 0 unspecified atom stereocenters. The molecule has 0 radical (unpaired) electrons. The smallest absolute Gasteiger partial charge is 0.231 e. The maximum Gasteiger partial charge on any atom is 0.231 e. The van der Waals surface area contributed by atoms with Crippen LogP contribution >= 0.6 is 0 Å². The first-order chi connectivity index (χ1) is 22.0. The summed E-state index contributed by atoms with van der Waals surface area (Å²) in [6.07, 6.45) is 2.27. The van der Waals surface area contributed by atoms with E-state index in [1.54, 1.807) is 21.3 Å². The van der Waals surface area contributed by atoms with Gasteiger partial charge in [-0.1, -0.05) is 31.9 Å². The highest BCUT2D eigenvalue weighted by molar-refractivity contribution is 5.55. The topological polar surface area (TPSA) is 103 Å². The van der Waals surface area contributed by atoms with E-state index in [1.165, 1.54) is 0 Å². The van der Waals surface area contributed by atoms with Crippen molar-refractivity contribution in [1.29, 1.82) is 0 Å². The van der Waals surface area contributed by atoms with Crippen molar-refractivity contribution in [2.45, 2.75) is 62.6 Å². The van der Waals surface area contributed by atoms with Gasteiger partial charge in [0.15, 0.2) is 29.1 Å². The second-order valence-corrected chi connectivity index (χ2v) is 12.0. The Morgan fingerprint density at radius 2 is 1.56 bits per heavy atom. The maximum atomic E-state index is 12.1. The van der Waals surface area contributed by atoms with Crippen LogP contribution in [0, 0.1) is 5.92 Å².